The van der Waals surface area contributed by atoms with Crippen LogP contribution in [0.25, 0.3) is 0 Å². The molecule has 3 rings (SSSR count). The Labute approximate surface area is 123 Å². The number of rotatable bonds is 4. The second-order valence-corrected chi connectivity index (χ2v) is 5.21. The Bertz CT molecular complexity index is 627. The van der Waals surface area contributed by atoms with Gasteiger partial charge in [0, 0.05) is 30.0 Å². The Morgan fingerprint density at radius 2 is 2.00 bits per heavy atom. The number of nitrogens with one attached hydrogen (secondary N) is 2. The van der Waals surface area contributed by atoms with Gasteiger partial charge in [-0.3, -0.25) is 4.98 Å². The number of carbonyl (C=O) groups excluding carboxylic acids is 1. The van der Waals surface area contributed by atoms with E-state index >= 15 is 0 Å². The van der Waals surface area contributed by atoms with Crippen molar-refractivity contribution in [1.82, 2.24) is 20.3 Å². The average molecular weight is 283 g/mol. The number of aromatic nitrogens is 3. The molecule has 2 amide bonds. The molecule has 21 heavy (non-hydrogen) atoms. The van der Waals surface area contributed by atoms with Gasteiger partial charge in [0.05, 0.1) is 6.04 Å². The van der Waals surface area contributed by atoms with Gasteiger partial charge in [-0.25, -0.2) is 14.8 Å². The molecular formula is C15H17N5O. The van der Waals surface area contributed by atoms with Crippen molar-refractivity contribution in [2.24, 2.45) is 5.92 Å². The summed E-state index contributed by atoms with van der Waals surface area (Å²) in [5.41, 5.74) is 1.61. The monoisotopic (exact) mass is 283 g/mol. The summed E-state index contributed by atoms with van der Waals surface area (Å²) < 4.78 is 0. The topological polar surface area (TPSA) is 79.8 Å². The van der Waals surface area contributed by atoms with Crippen molar-refractivity contribution in [1.29, 1.82) is 0 Å². The number of urea groups is 1. The lowest BCUT2D eigenvalue weighted by Crippen LogP contribution is -2.34. The first-order chi connectivity index (χ1) is 10.2. The standard InChI is InChI=1S/C15H17N5O/c1-10-4-9-17-14(18-10)13(11-2-3-11)20-15(21)19-12-5-7-16-8-6-12/h4-9,11,13H,2-3H2,1H3,(H2,16,19,20,21)/t13-/m1/s1. The maximum absolute atomic E-state index is 12.1. The molecule has 0 saturated heterocycles. The van der Waals surface area contributed by atoms with Crippen LogP contribution in [0.1, 0.15) is 30.4 Å². The Hall–Kier alpha value is -2.50. The van der Waals surface area contributed by atoms with Crippen LogP contribution in [0.4, 0.5) is 10.5 Å². The predicted molar refractivity (Wildman–Crippen MR) is 78.6 cm³/mol. The molecule has 2 heterocycles. The molecule has 1 atom stereocenters. The van der Waals surface area contributed by atoms with Crippen molar-refractivity contribution in [2.75, 3.05) is 5.32 Å². The van der Waals surface area contributed by atoms with Crippen molar-refractivity contribution < 1.29 is 4.79 Å². The third kappa shape index (κ3) is 3.53. The highest BCUT2D eigenvalue weighted by atomic mass is 16.2. The summed E-state index contributed by atoms with van der Waals surface area (Å²) in [6, 6.07) is 4.96. The fourth-order valence-corrected chi connectivity index (χ4v) is 2.18. The molecule has 2 aromatic heterocycles. The summed E-state index contributed by atoms with van der Waals surface area (Å²) in [7, 11) is 0. The summed E-state index contributed by atoms with van der Waals surface area (Å²) >= 11 is 0. The minimum atomic E-state index is -0.247. The molecule has 2 aromatic rings. The fraction of sp³-hybridized carbons (Fsp3) is 0.333. The van der Waals surface area contributed by atoms with Crippen LogP contribution in [0, 0.1) is 12.8 Å². The van der Waals surface area contributed by atoms with E-state index < -0.39 is 0 Å². The zero-order valence-electron chi connectivity index (χ0n) is 11.8. The quantitative estimate of drug-likeness (QED) is 0.903. The van der Waals surface area contributed by atoms with E-state index in [0.29, 0.717) is 17.4 Å². The normalized spacial score (nSPS) is 15.3. The lowest BCUT2D eigenvalue weighted by molar-refractivity contribution is 0.246. The van der Waals surface area contributed by atoms with E-state index in [1.165, 1.54) is 0 Å². The van der Waals surface area contributed by atoms with Crippen LogP contribution < -0.4 is 10.6 Å². The molecule has 0 unspecified atom stereocenters. The first kappa shape index (κ1) is 13.5. The molecule has 0 aromatic carbocycles. The SMILES string of the molecule is Cc1ccnc([C@H](NC(=O)Nc2ccncc2)C2CC2)n1. The van der Waals surface area contributed by atoms with E-state index in [-0.39, 0.29) is 12.1 Å². The van der Waals surface area contributed by atoms with Gasteiger partial charge >= 0.3 is 6.03 Å². The molecule has 0 aliphatic heterocycles. The molecule has 1 aliphatic rings. The molecule has 0 spiro atoms. The van der Waals surface area contributed by atoms with Gasteiger partial charge in [-0.15, -0.1) is 0 Å². The van der Waals surface area contributed by atoms with Gasteiger partial charge in [0.15, 0.2) is 5.82 Å². The zero-order valence-corrected chi connectivity index (χ0v) is 11.8. The van der Waals surface area contributed by atoms with Crippen molar-refractivity contribution in [3.05, 3.63) is 48.3 Å². The molecule has 6 nitrogen and oxygen atoms in total. The number of pyridine rings is 1. The Morgan fingerprint density at radius 1 is 1.24 bits per heavy atom. The first-order valence-corrected chi connectivity index (χ1v) is 6.99. The number of nitrogens with zero attached hydrogens (tertiary/aromatic N) is 3. The fourth-order valence-electron chi connectivity index (χ4n) is 2.18. The second kappa shape index (κ2) is 5.87. The maximum atomic E-state index is 12.1. The average Bonchev–Trinajstić information content (AvgIpc) is 3.30. The highest BCUT2D eigenvalue weighted by molar-refractivity contribution is 5.89. The van der Waals surface area contributed by atoms with Gasteiger partial charge in [-0.1, -0.05) is 0 Å². The number of anilines is 1. The molecular weight excluding hydrogens is 266 g/mol. The molecule has 108 valence electrons. The van der Waals surface area contributed by atoms with Crippen LogP contribution in [0.2, 0.25) is 0 Å². The van der Waals surface area contributed by atoms with Crippen LogP contribution in [0.15, 0.2) is 36.8 Å². The van der Waals surface area contributed by atoms with Crippen molar-refractivity contribution in [2.45, 2.75) is 25.8 Å². The summed E-state index contributed by atoms with van der Waals surface area (Å²) in [6.45, 7) is 1.92. The minimum Gasteiger partial charge on any atom is -0.328 e. The lowest BCUT2D eigenvalue weighted by atomic mass is 10.1. The Balaban J connectivity index is 1.69. The van der Waals surface area contributed by atoms with Crippen LogP contribution >= 0.6 is 0 Å². The number of amides is 2. The molecule has 1 saturated carbocycles. The summed E-state index contributed by atoms with van der Waals surface area (Å²) in [4.78, 5) is 24.8. The number of carbonyl (C=O) groups is 1. The van der Waals surface area contributed by atoms with Gasteiger partial charge in [0.25, 0.3) is 0 Å². The number of hydrogen-bond acceptors (Lipinski definition) is 4. The Kier molecular flexibility index (Phi) is 3.77. The molecule has 1 fully saturated rings. The van der Waals surface area contributed by atoms with Gasteiger partial charge in [-0.05, 0) is 43.9 Å². The first-order valence-electron chi connectivity index (χ1n) is 6.99. The second-order valence-electron chi connectivity index (χ2n) is 5.21. The molecule has 1 aliphatic carbocycles. The Morgan fingerprint density at radius 3 is 2.67 bits per heavy atom. The third-order valence-electron chi connectivity index (χ3n) is 3.41. The lowest BCUT2D eigenvalue weighted by Gasteiger charge is -2.17. The summed E-state index contributed by atoms with van der Waals surface area (Å²) in [6.07, 6.45) is 7.19. The number of aryl methyl sites for hydroxylation is 1. The van der Waals surface area contributed by atoms with Gasteiger partial charge in [-0.2, -0.15) is 0 Å². The van der Waals surface area contributed by atoms with E-state index in [4.69, 9.17) is 0 Å². The molecule has 0 radical (unpaired) electrons. The third-order valence-corrected chi connectivity index (χ3v) is 3.41. The van der Waals surface area contributed by atoms with Gasteiger partial charge < -0.3 is 10.6 Å². The van der Waals surface area contributed by atoms with Crippen LogP contribution in [0.5, 0.6) is 0 Å². The summed E-state index contributed by atoms with van der Waals surface area (Å²) in [5, 5.41) is 5.77. The highest BCUT2D eigenvalue weighted by Crippen LogP contribution is 2.39. The van der Waals surface area contributed by atoms with E-state index in [1.807, 2.05) is 13.0 Å². The van der Waals surface area contributed by atoms with Crippen LogP contribution in [0.3, 0.4) is 0 Å². The van der Waals surface area contributed by atoms with E-state index in [1.54, 1.807) is 30.7 Å². The number of hydrogen-bond donors (Lipinski definition) is 2. The molecule has 2 N–H and O–H groups in total. The van der Waals surface area contributed by atoms with E-state index in [2.05, 4.69) is 25.6 Å². The smallest absolute Gasteiger partial charge is 0.319 e. The largest absolute Gasteiger partial charge is 0.328 e. The maximum Gasteiger partial charge on any atom is 0.319 e. The van der Waals surface area contributed by atoms with Gasteiger partial charge in [0.1, 0.15) is 0 Å². The summed E-state index contributed by atoms with van der Waals surface area (Å²) in [5.74, 6) is 1.11. The van der Waals surface area contributed by atoms with Gasteiger partial charge in [0.2, 0.25) is 0 Å². The van der Waals surface area contributed by atoms with Crippen molar-refractivity contribution in [3.63, 3.8) is 0 Å². The van der Waals surface area contributed by atoms with Crippen molar-refractivity contribution >= 4 is 11.7 Å². The van der Waals surface area contributed by atoms with Crippen LogP contribution in [-0.4, -0.2) is 21.0 Å². The van der Waals surface area contributed by atoms with Crippen LogP contribution in [-0.2, 0) is 0 Å². The van der Waals surface area contributed by atoms with Crippen molar-refractivity contribution in [3.8, 4) is 0 Å². The predicted octanol–water partition coefficient (Wildman–Crippen LogP) is 2.45. The highest BCUT2D eigenvalue weighted by Gasteiger charge is 2.35. The minimum absolute atomic E-state index is 0.133. The van der Waals surface area contributed by atoms with E-state index in [9.17, 15) is 4.79 Å². The molecule has 0 bridgehead atoms. The molecule has 6 heteroatoms. The van der Waals surface area contributed by atoms with E-state index in [0.717, 1.165) is 18.5 Å². The zero-order chi connectivity index (χ0) is 14.7.